The van der Waals surface area contributed by atoms with E-state index < -0.39 is 0 Å². The molecule has 1 aliphatic rings. The highest BCUT2D eigenvalue weighted by Gasteiger charge is 2.22. The Morgan fingerprint density at radius 2 is 0.654 bits per heavy atom. The molecule has 0 atom stereocenters. The van der Waals surface area contributed by atoms with Crippen molar-refractivity contribution in [1.82, 2.24) is 29.9 Å². The summed E-state index contributed by atoms with van der Waals surface area (Å²) in [5.41, 5.74) is 14.2. The number of hydrogen-bond acceptors (Lipinski definition) is 8. The van der Waals surface area contributed by atoms with Crippen LogP contribution in [-0.2, 0) is 0 Å². The minimum Gasteiger partial charge on any atom is -0.264 e. The average molecular weight is 669 g/mol. The minimum absolute atomic E-state index is 0.692. The third-order valence-corrected chi connectivity index (χ3v) is 8.94. The largest absolute Gasteiger partial charge is 0.264 e. The van der Waals surface area contributed by atoms with E-state index in [2.05, 4.69) is 80.6 Å². The van der Waals surface area contributed by atoms with Gasteiger partial charge in [-0.1, -0.05) is 60.7 Å². The molecule has 0 amide bonds. The van der Waals surface area contributed by atoms with Crippen molar-refractivity contribution in [2.75, 3.05) is 0 Å². The van der Waals surface area contributed by atoms with Crippen LogP contribution in [0.5, 0.6) is 0 Å². The van der Waals surface area contributed by atoms with Crippen molar-refractivity contribution in [2.24, 2.45) is 9.98 Å². The molecule has 0 radical (unpaired) electrons. The fraction of sp³-hybridized carbons (Fsp3) is 0. The molecule has 2 aromatic carbocycles. The predicted molar refractivity (Wildman–Crippen MR) is 205 cm³/mol. The molecule has 8 aromatic rings. The number of rotatable bonds is 6. The van der Waals surface area contributed by atoms with Gasteiger partial charge in [-0.15, -0.1) is 0 Å². The van der Waals surface area contributed by atoms with E-state index in [1.165, 1.54) is 0 Å². The van der Waals surface area contributed by atoms with E-state index in [0.29, 0.717) is 22.8 Å². The van der Waals surface area contributed by atoms with E-state index in [4.69, 9.17) is 20.0 Å². The Balaban J connectivity index is 1.07. The van der Waals surface area contributed by atoms with Crippen LogP contribution in [0.4, 0.5) is 11.4 Å². The van der Waals surface area contributed by atoms with Gasteiger partial charge in [0.05, 0.1) is 22.8 Å². The van der Waals surface area contributed by atoms with Gasteiger partial charge in [-0.2, -0.15) is 0 Å². The first-order valence-corrected chi connectivity index (χ1v) is 16.8. The first kappa shape index (κ1) is 30.7. The van der Waals surface area contributed by atoms with E-state index in [-0.39, 0.29) is 0 Å². The van der Waals surface area contributed by atoms with Gasteiger partial charge in [-0.05, 0) is 59.7 Å². The van der Waals surface area contributed by atoms with Crippen molar-refractivity contribution in [3.8, 4) is 44.5 Å². The van der Waals surface area contributed by atoms with E-state index in [1.807, 2.05) is 85.7 Å². The molecule has 52 heavy (non-hydrogen) atoms. The normalized spacial score (nSPS) is 14.1. The molecule has 7 heterocycles. The molecule has 244 valence electrons. The molecule has 9 rings (SSSR count). The molecule has 6 aromatic heterocycles. The Morgan fingerprint density at radius 3 is 1.06 bits per heavy atom. The second-order valence-electron chi connectivity index (χ2n) is 12.2. The molecule has 0 N–H and O–H groups in total. The van der Waals surface area contributed by atoms with Crippen LogP contribution in [-0.4, -0.2) is 41.3 Å². The molecular weight excluding hydrogens is 641 g/mol. The monoisotopic (exact) mass is 668 g/mol. The smallest absolute Gasteiger partial charge is 0.115 e. The van der Waals surface area contributed by atoms with Crippen LogP contribution in [0.1, 0.15) is 22.5 Å². The van der Waals surface area contributed by atoms with Crippen molar-refractivity contribution in [3.63, 3.8) is 0 Å². The number of aliphatic imine (C=N–C) groups is 2. The first-order chi connectivity index (χ1) is 25.8. The zero-order valence-corrected chi connectivity index (χ0v) is 27.7. The number of pyridine rings is 6. The Labute approximate surface area is 300 Å². The molecule has 0 unspecified atom stereocenters. The molecule has 8 nitrogen and oxygen atoms in total. The predicted octanol–water partition coefficient (Wildman–Crippen LogP) is 9.38. The van der Waals surface area contributed by atoms with E-state index in [0.717, 1.165) is 67.1 Å². The van der Waals surface area contributed by atoms with Gasteiger partial charge < -0.3 is 0 Å². The maximum atomic E-state index is 5.22. The second-order valence-corrected chi connectivity index (χ2v) is 12.2. The van der Waals surface area contributed by atoms with Crippen LogP contribution in [0.3, 0.4) is 0 Å². The molecule has 0 saturated carbocycles. The maximum Gasteiger partial charge on any atom is 0.115 e. The molecule has 1 aliphatic heterocycles. The molecule has 0 saturated heterocycles. The highest BCUT2D eigenvalue weighted by molar-refractivity contribution is 6.21. The lowest BCUT2D eigenvalue weighted by atomic mass is 9.97. The van der Waals surface area contributed by atoms with Gasteiger partial charge in [-0.3, -0.25) is 29.9 Å². The van der Waals surface area contributed by atoms with Crippen molar-refractivity contribution in [2.45, 2.75) is 0 Å². The lowest BCUT2D eigenvalue weighted by Gasteiger charge is -2.17. The van der Waals surface area contributed by atoms with Gasteiger partial charge in [0.15, 0.2) is 0 Å². The van der Waals surface area contributed by atoms with Gasteiger partial charge in [0.2, 0.25) is 0 Å². The number of nitrogens with zero attached hydrogens (tertiary/aromatic N) is 8. The summed E-state index contributed by atoms with van der Waals surface area (Å²) >= 11 is 0. The van der Waals surface area contributed by atoms with Crippen molar-refractivity contribution in [3.05, 3.63) is 194 Å². The van der Waals surface area contributed by atoms with E-state index in [1.54, 1.807) is 24.8 Å². The maximum absolute atomic E-state index is 5.22. The summed E-state index contributed by atoms with van der Waals surface area (Å²) in [7, 11) is 0. The highest BCUT2D eigenvalue weighted by atomic mass is 14.9. The third-order valence-electron chi connectivity index (χ3n) is 8.94. The fourth-order valence-electron chi connectivity index (χ4n) is 6.31. The zero-order chi connectivity index (χ0) is 34.7. The number of benzene rings is 2. The summed E-state index contributed by atoms with van der Waals surface area (Å²) in [6.45, 7) is 0. The fourth-order valence-corrected chi connectivity index (χ4v) is 6.31. The van der Waals surface area contributed by atoms with Crippen LogP contribution >= 0.6 is 0 Å². The van der Waals surface area contributed by atoms with Crippen molar-refractivity contribution in [1.29, 1.82) is 0 Å². The summed E-state index contributed by atoms with van der Waals surface area (Å²) in [6, 6.07) is 36.6. The SMILES string of the molecule is c1cncc(-c2cncc(-c3ccc(/C4=N/c5cccnc5/C(c5ccc(-c6cncc(-c7cccnc7)c6)cc5)=N\c5cccnc54)cc3)c2)c1. The van der Waals surface area contributed by atoms with E-state index >= 15 is 0 Å². The van der Waals surface area contributed by atoms with Crippen molar-refractivity contribution >= 4 is 22.8 Å². The van der Waals surface area contributed by atoms with Crippen LogP contribution < -0.4 is 0 Å². The van der Waals surface area contributed by atoms with Gasteiger partial charge >= 0.3 is 0 Å². The number of fused-ring (bicyclic) bond motifs is 2. The zero-order valence-electron chi connectivity index (χ0n) is 27.7. The Morgan fingerprint density at radius 1 is 0.288 bits per heavy atom. The van der Waals surface area contributed by atoms with Crippen LogP contribution in [0.15, 0.2) is 181 Å². The molecule has 0 aliphatic carbocycles. The standard InChI is InChI=1S/C44H28N8/c1-5-33(23-45-17-1)37-21-35(25-47-27-37)29-9-13-31(14-10-29)41-43-39(7-3-19-49-43)52-42(44-40(51-41)8-4-20-50-44)32-15-11-30(12-16-32)36-22-38(28-48-26-36)34-6-2-18-46-24-34/h1-28H/b43-41?,44-42?,51-40?,51-41-,52-39?,52-42-. The number of aromatic nitrogens is 6. The molecule has 0 bridgehead atoms. The summed E-state index contributed by atoms with van der Waals surface area (Å²) in [5.74, 6) is 0. The molecule has 0 fully saturated rings. The molecule has 0 spiro atoms. The number of hydrogen-bond donors (Lipinski definition) is 0. The Bertz CT molecular complexity index is 2420. The topological polar surface area (TPSA) is 102 Å². The summed E-state index contributed by atoms with van der Waals surface area (Å²) in [4.78, 5) is 37.6. The van der Waals surface area contributed by atoms with Crippen molar-refractivity contribution < 1.29 is 0 Å². The minimum atomic E-state index is 0.692. The van der Waals surface area contributed by atoms with E-state index in [9.17, 15) is 0 Å². The highest BCUT2D eigenvalue weighted by Crippen LogP contribution is 2.33. The van der Waals surface area contributed by atoms with Crippen LogP contribution in [0.25, 0.3) is 44.5 Å². The Hall–Kier alpha value is -7.32. The third kappa shape index (κ3) is 6.05. The van der Waals surface area contributed by atoms with Crippen LogP contribution in [0, 0.1) is 0 Å². The molecular formula is C44H28N8. The van der Waals surface area contributed by atoms with Gasteiger partial charge in [-0.25, -0.2) is 9.98 Å². The Kier molecular flexibility index (Phi) is 7.99. The van der Waals surface area contributed by atoms with Gasteiger partial charge in [0, 0.05) is 106 Å². The van der Waals surface area contributed by atoms with Gasteiger partial charge in [0.1, 0.15) is 11.4 Å². The summed E-state index contributed by atoms with van der Waals surface area (Å²) in [5, 5.41) is 0. The van der Waals surface area contributed by atoms with Gasteiger partial charge in [0.25, 0.3) is 0 Å². The lowest BCUT2D eigenvalue weighted by Crippen LogP contribution is -2.12. The van der Waals surface area contributed by atoms with Crippen LogP contribution in [0.2, 0.25) is 0 Å². The average Bonchev–Trinajstić information content (AvgIpc) is 3.22. The summed E-state index contributed by atoms with van der Waals surface area (Å²) in [6.07, 6.45) is 18.3. The second kappa shape index (κ2) is 13.5. The molecule has 8 heteroatoms. The first-order valence-electron chi connectivity index (χ1n) is 16.8. The lowest BCUT2D eigenvalue weighted by molar-refractivity contribution is 1.22. The summed E-state index contributed by atoms with van der Waals surface area (Å²) < 4.78 is 0. The quantitative estimate of drug-likeness (QED) is 0.175.